The molecular formula is C7H11N. The fourth-order valence-corrected chi connectivity index (χ4v) is 3.13. The molecule has 0 aliphatic heterocycles. The number of hydrogen-bond donors (Lipinski definition) is 1. The van der Waals surface area contributed by atoms with Gasteiger partial charge in [0.05, 0.1) is 0 Å². The lowest BCUT2D eigenvalue weighted by Gasteiger charge is -2.04. The highest BCUT2D eigenvalue weighted by Gasteiger charge is 2.67. The van der Waals surface area contributed by atoms with Crippen LogP contribution in [-0.2, 0) is 0 Å². The molecule has 1 heteroatoms. The van der Waals surface area contributed by atoms with E-state index in [1.165, 1.54) is 12.8 Å². The summed E-state index contributed by atoms with van der Waals surface area (Å²) in [5, 5.41) is 0. The average Bonchev–Trinajstić information content (AvgIpc) is 2.23. The van der Waals surface area contributed by atoms with Crippen LogP contribution >= 0.6 is 0 Å². The Morgan fingerprint density at radius 2 is 1.75 bits per heavy atom. The fourth-order valence-electron chi connectivity index (χ4n) is 3.13. The van der Waals surface area contributed by atoms with Crippen molar-refractivity contribution in [2.24, 2.45) is 29.4 Å². The van der Waals surface area contributed by atoms with E-state index in [1.54, 1.807) is 0 Å². The van der Waals surface area contributed by atoms with E-state index in [-0.39, 0.29) is 0 Å². The quantitative estimate of drug-likeness (QED) is 0.484. The molecule has 0 aromatic carbocycles. The van der Waals surface area contributed by atoms with Crippen LogP contribution < -0.4 is 5.73 Å². The summed E-state index contributed by atoms with van der Waals surface area (Å²) < 4.78 is 0. The van der Waals surface area contributed by atoms with E-state index < -0.39 is 0 Å². The van der Waals surface area contributed by atoms with Gasteiger partial charge < -0.3 is 5.73 Å². The van der Waals surface area contributed by atoms with Gasteiger partial charge in [0.2, 0.25) is 0 Å². The van der Waals surface area contributed by atoms with Crippen molar-refractivity contribution in [2.45, 2.75) is 18.9 Å². The van der Waals surface area contributed by atoms with E-state index >= 15 is 0 Å². The van der Waals surface area contributed by atoms with Gasteiger partial charge in [0.25, 0.3) is 0 Å². The molecule has 44 valence electrons. The Balaban J connectivity index is 2.10. The Morgan fingerprint density at radius 1 is 1.12 bits per heavy atom. The minimum Gasteiger partial charge on any atom is -0.327 e. The van der Waals surface area contributed by atoms with Crippen molar-refractivity contribution in [3.63, 3.8) is 0 Å². The van der Waals surface area contributed by atoms with Crippen LogP contribution in [0.5, 0.6) is 0 Å². The van der Waals surface area contributed by atoms with Crippen LogP contribution in [0.3, 0.4) is 0 Å². The topological polar surface area (TPSA) is 26.0 Å². The lowest BCUT2D eigenvalue weighted by atomic mass is 10.1. The second-order valence-corrected chi connectivity index (χ2v) is 3.71. The monoisotopic (exact) mass is 109 g/mol. The third-order valence-corrected chi connectivity index (χ3v) is 3.54. The highest BCUT2D eigenvalue weighted by molar-refractivity contribution is 5.18. The molecular weight excluding hydrogens is 98.1 g/mol. The maximum atomic E-state index is 5.91. The number of rotatable bonds is 0. The lowest BCUT2D eigenvalue weighted by Crippen LogP contribution is -2.23. The molecule has 4 aliphatic rings. The Bertz CT molecular complexity index is 129. The highest BCUT2D eigenvalue weighted by atomic mass is 14.8. The van der Waals surface area contributed by atoms with Gasteiger partial charge in [-0.25, -0.2) is 0 Å². The number of nitrogens with two attached hydrogens (primary N) is 1. The van der Waals surface area contributed by atoms with Crippen molar-refractivity contribution in [3.8, 4) is 0 Å². The zero-order chi connectivity index (χ0) is 5.30. The summed E-state index contributed by atoms with van der Waals surface area (Å²) in [7, 11) is 0. The molecule has 0 aromatic heterocycles. The highest BCUT2D eigenvalue weighted by Crippen LogP contribution is 2.69. The van der Waals surface area contributed by atoms with Crippen LogP contribution in [0.1, 0.15) is 12.8 Å². The van der Waals surface area contributed by atoms with Gasteiger partial charge in [-0.2, -0.15) is 0 Å². The Hall–Kier alpha value is -0.0400. The molecule has 4 fully saturated rings. The summed E-state index contributed by atoms with van der Waals surface area (Å²) >= 11 is 0. The number of hydrogen-bond acceptors (Lipinski definition) is 1. The Labute approximate surface area is 49.3 Å². The van der Waals surface area contributed by atoms with Gasteiger partial charge in [0.15, 0.2) is 0 Å². The summed E-state index contributed by atoms with van der Waals surface area (Å²) in [5.74, 6) is 4.17. The molecule has 8 heavy (non-hydrogen) atoms. The molecule has 0 heterocycles. The van der Waals surface area contributed by atoms with Crippen molar-refractivity contribution in [1.29, 1.82) is 0 Å². The first-order chi connectivity index (χ1) is 3.88. The predicted molar refractivity (Wildman–Crippen MR) is 31.2 cm³/mol. The van der Waals surface area contributed by atoms with Crippen LogP contribution in [0.15, 0.2) is 0 Å². The molecule has 2 unspecified atom stereocenters. The van der Waals surface area contributed by atoms with Gasteiger partial charge in [-0.05, 0) is 36.5 Å². The van der Waals surface area contributed by atoms with Crippen LogP contribution in [0.2, 0.25) is 0 Å². The summed E-state index contributed by atoms with van der Waals surface area (Å²) in [6.07, 6.45) is 2.97. The van der Waals surface area contributed by atoms with E-state index in [1.807, 2.05) is 0 Å². The Kier molecular flexibility index (Phi) is 0.418. The molecule has 0 amide bonds. The second-order valence-electron chi connectivity index (χ2n) is 3.71. The molecule has 4 rings (SSSR count). The molecule has 0 radical (unpaired) electrons. The van der Waals surface area contributed by atoms with Gasteiger partial charge in [0.1, 0.15) is 0 Å². The van der Waals surface area contributed by atoms with Crippen molar-refractivity contribution in [3.05, 3.63) is 0 Å². The average molecular weight is 109 g/mol. The van der Waals surface area contributed by atoms with Gasteiger partial charge in [0, 0.05) is 6.04 Å². The van der Waals surface area contributed by atoms with E-state index in [2.05, 4.69) is 0 Å². The molecule has 1 nitrogen and oxygen atoms in total. The second kappa shape index (κ2) is 0.860. The van der Waals surface area contributed by atoms with Gasteiger partial charge in [-0.15, -0.1) is 0 Å². The first kappa shape index (κ1) is 3.89. The van der Waals surface area contributed by atoms with Crippen molar-refractivity contribution in [2.75, 3.05) is 0 Å². The maximum absolute atomic E-state index is 5.91. The first-order valence-corrected chi connectivity index (χ1v) is 3.63. The zero-order valence-electron chi connectivity index (χ0n) is 4.88. The SMILES string of the molecule is N[C@@H]1C2CC3C(C2)C31. The molecule has 4 bridgehead atoms. The molecule has 4 saturated carbocycles. The van der Waals surface area contributed by atoms with Crippen LogP contribution in [-0.4, -0.2) is 6.04 Å². The fraction of sp³-hybridized carbons (Fsp3) is 1.00. The maximum Gasteiger partial charge on any atom is 0.0101 e. The van der Waals surface area contributed by atoms with Gasteiger partial charge in [-0.3, -0.25) is 0 Å². The van der Waals surface area contributed by atoms with Crippen LogP contribution in [0, 0.1) is 23.7 Å². The van der Waals surface area contributed by atoms with E-state index in [9.17, 15) is 0 Å². The first-order valence-electron chi connectivity index (χ1n) is 3.63. The molecule has 0 spiro atoms. The third kappa shape index (κ3) is 0.218. The summed E-state index contributed by atoms with van der Waals surface area (Å²) in [6, 6.07) is 0.630. The molecule has 3 atom stereocenters. The normalized spacial score (nSPS) is 73.9. The largest absolute Gasteiger partial charge is 0.327 e. The standard InChI is InChI=1S/C7H11N/c8-7-3-1-4-5(2-3)6(4)7/h3-7H,1-2,8H2/t3?,4?,5?,6?,7-/m1/s1. The van der Waals surface area contributed by atoms with Crippen molar-refractivity contribution in [1.82, 2.24) is 0 Å². The zero-order valence-corrected chi connectivity index (χ0v) is 4.88. The van der Waals surface area contributed by atoms with Gasteiger partial charge in [-0.1, -0.05) is 0 Å². The van der Waals surface area contributed by atoms with E-state index in [0.29, 0.717) is 6.04 Å². The summed E-state index contributed by atoms with van der Waals surface area (Å²) in [6.45, 7) is 0. The molecule has 4 aliphatic carbocycles. The summed E-state index contributed by atoms with van der Waals surface area (Å²) in [5.41, 5.74) is 5.91. The molecule has 0 aromatic rings. The van der Waals surface area contributed by atoms with Gasteiger partial charge >= 0.3 is 0 Å². The smallest absolute Gasteiger partial charge is 0.0101 e. The minimum absolute atomic E-state index is 0.630. The lowest BCUT2D eigenvalue weighted by molar-refractivity contribution is 0.523. The predicted octanol–water partition coefficient (Wildman–Crippen LogP) is 0.599. The van der Waals surface area contributed by atoms with Crippen molar-refractivity contribution >= 4 is 0 Å². The van der Waals surface area contributed by atoms with E-state index in [0.717, 1.165) is 23.7 Å². The van der Waals surface area contributed by atoms with E-state index in [4.69, 9.17) is 5.73 Å². The van der Waals surface area contributed by atoms with Crippen LogP contribution in [0.4, 0.5) is 0 Å². The molecule has 2 N–H and O–H groups in total. The third-order valence-electron chi connectivity index (χ3n) is 3.54. The molecule has 0 saturated heterocycles. The Morgan fingerprint density at radius 3 is 1.88 bits per heavy atom. The van der Waals surface area contributed by atoms with Crippen LogP contribution in [0.25, 0.3) is 0 Å². The van der Waals surface area contributed by atoms with Crippen molar-refractivity contribution < 1.29 is 0 Å². The minimum atomic E-state index is 0.630. The summed E-state index contributed by atoms with van der Waals surface area (Å²) in [4.78, 5) is 0.